The topological polar surface area (TPSA) is 46.2 Å². The zero-order valence-corrected chi connectivity index (χ0v) is 9.14. The van der Waals surface area contributed by atoms with Crippen LogP contribution in [0.25, 0.3) is 0 Å². The monoisotopic (exact) mass is 185 g/mol. The van der Waals surface area contributed by atoms with Gasteiger partial charge in [0.05, 0.1) is 5.60 Å². The van der Waals surface area contributed by atoms with Crippen molar-refractivity contribution in [2.24, 2.45) is 17.1 Å². The molecule has 0 aromatic rings. The van der Waals surface area contributed by atoms with Crippen molar-refractivity contribution < 1.29 is 5.11 Å². The molecule has 2 atom stereocenters. The van der Waals surface area contributed by atoms with Crippen molar-refractivity contribution in [1.29, 1.82) is 0 Å². The molecule has 3 N–H and O–H groups in total. The van der Waals surface area contributed by atoms with Gasteiger partial charge in [-0.1, -0.05) is 20.8 Å². The summed E-state index contributed by atoms with van der Waals surface area (Å²) in [5, 5.41) is 10.6. The van der Waals surface area contributed by atoms with Crippen molar-refractivity contribution in [2.75, 3.05) is 6.54 Å². The molecule has 1 aliphatic rings. The first kappa shape index (κ1) is 11.0. The minimum Gasteiger partial charge on any atom is -0.389 e. The van der Waals surface area contributed by atoms with Crippen LogP contribution in [0.15, 0.2) is 0 Å². The van der Waals surface area contributed by atoms with E-state index in [1.165, 1.54) is 12.8 Å². The van der Waals surface area contributed by atoms with E-state index in [1.54, 1.807) is 0 Å². The first-order valence-corrected chi connectivity index (χ1v) is 5.46. The fraction of sp³-hybridized carbons (Fsp3) is 1.00. The molecular formula is C11H23NO. The van der Waals surface area contributed by atoms with Crippen LogP contribution in [0.1, 0.15) is 46.5 Å². The summed E-state index contributed by atoms with van der Waals surface area (Å²) in [5.74, 6) is 0.506. The van der Waals surface area contributed by atoms with Crippen LogP contribution >= 0.6 is 0 Å². The summed E-state index contributed by atoms with van der Waals surface area (Å²) in [4.78, 5) is 0. The van der Waals surface area contributed by atoms with Crippen LogP contribution in [-0.4, -0.2) is 17.3 Å². The maximum absolute atomic E-state index is 10.6. The lowest BCUT2D eigenvalue weighted by Crippen LogP contribution is -2.51. The van der Waals surface area contributed by atoms with Crippen molar-refractivity contribution in [3.05, 3.63) is 0 Å². The molecule has 0 spiro atoms. The smallest absolute Gasteiger partial charge is 0.0738 e. The molecule has 0 heterocycles. The number of aliphatic hydroxyl groups is 1. The number of rotatable bonds is 5. The van der Waals surface area contributed by atoms with Gasteiger partial charge in [0.15, 0.2) is 0 Å². The van der Waals surface area contributed by atoms with Crippen molar-refractivity contribution in [3.63, 3.8) is 0 Å². The summed E-state index contributed by atoms with van der Waals surface area (Å²) in [7, 11) is 0. The van der Waals surface area contributed by atoms with Gasteiger partial charge in [-0.15, -0.1) is 0 Å². The summed E-state index contributed by atoms with van der Waals surface area (Å²) in [6.07, 6.45) is 4.16. The third-order valence-corrected chi connectivity index (χ3v) is 4.07. The molecule has 0 aromatic carbocycles. The molecule has 2 heteroatoms. The van der Waals surface area contributed by atoms with E-state index in [0.29, 0.717) is 12.5 Å². The number of hydrogen-bond donors (Lipinski definition) is 2. The van der Waals surface area contributed by atoms with Gasteiger partial charge in [0.1, 0.15) is 0 Å². The fourth-order valence-electron chi connectivity index (χ4n) is 2.40. The van der Waals surface area contributed by atoms with Gasteiger partial charge in [-0.25, -0.2) is 0 Å². The summed E-state index contributed by atoms with van der Waals surface area (Å²) >= 11 is 0. The molecule has 1 aliphatic carbocycles. The van der Waals surface area contributed by atoms with Gasteiger partial charge in [-0.3, -0.25) is 0 Å². The van der Waals surface area contributed by atoms with Crippen LogP contribution in [0.5, 0.6) is 0 Å². The van der Waals surface area contributed by atoms with E-state index in [0.717, 1.165) is 12.8 Å². The molecule has 0 bridgehead atoms. The Kier molecular flexibility index (Phi) is 3.03. The van der Waals surface area contributed by atoms with E-state index >= 15 is 0 Å². The second-order valence-corrected chi connectivity index (χ2v) is 4.67. The summed E-state index contributed by atoms with van der Waals surface area (Å²) in [6, 6.07) is 0. The highest BCUT2D eigenvalue weighted by Gasteiger charge is 2.52. The lowest BCUT2D eigenvalue weighted by molar-refractivity contribution is -0.0947. The molecule has 0 aromatic heterocycles. The first-order valence-electron chi connectivity index (χ1n) is 5.46. The first-order chi connectivity index (χ1) is 6.04. The Balaban J connectivity index is 2.83. The molecule has 1 saturated carbocycles. The Bertz CT molecular complexity index is 173. The third kappa shape index (κ3) is 1.62. The molecule has 0 radical (unpaired) electrons. The van der Waals surface area contributed by atoms with Gasteiger partial charge >= 0.3 is 0 Å². The Hall–Kier alpha value is -0.0800. The second-order valence-electron chi connectivity index (χ2n) is 4.67. The molecule has 0 aliphatic heterocycles. The maximum Gasteiger partial charge on any atom is 0.0738 e. The van der Waals surface area contributed by atoms with E-state index in [2.05, 4.69) is 20.8 Å². The van der Waals surface area contributed by atoms with Crippen LogP contribution in [0.4, 0.5) is 0 Å². The molecule has 1 rings (SSSR count). The second kappa shape index (κ2) is 3.58. The van der Waals surface area contributed by atoms with Gasteiger partial charge < -0.3 is 10.8 Å². The van der Waals surface area contributed by atoms with E-state index in [9.17, 15) is 5.11 Å². The van der Waals surface area contributed by atoms with Crippen LogP contribution < -0.4 is 5.73 Å². The number of hydrogen-bond acceptors (Lipinski definition) is 2. The normalized spacial score (nSPS) is 26.5. The van der Waals surface area contributed by atoms with Crippen LogP contribution in [0, 0.1) is 11.3 Å². The van der Waals surface area contributed by atoms with Crippen LogP contribution in [0.2, 0.25) is 0 Å². The number of nitrogens with two attached hydrogens (primary N) is 1. The van der Waals surface area contributed by atoms with Gasteiger partial charge in [-0.05, 0) is 31.6 Å². The predicted molar refractivity (Wildman–Crippen MR) is 55.4 cm³/mol. The van der Waals surface area contributed by atoms with Gasteiger partial charge in [0, 0.05) is 12.0 Å². The predicted octanol–water partition coefficient (Wildman–Crippen LogP) is 1.91. The third-order valence-electron chi connectivity index (χ3n) is 4.07. The Labute approximate surface area is 81.5 Å². The Morgan fingerprint density at radius 1 is 1.31 bits per heavy atom. The highest BCUT2D eigenvalue weighted by atomic mass is 16.3. The maximum atomic E-state index is 10.6. The SMILES string of the molecule is CCC(C)(CN)C(O)(CC)C1CC1. The molecule has 13 heavy (non-hydrogen) atoms. The molecule has 0 amide bonds. The van der Waals surface area contributed by atoms with E-state index in [-0.39, 0.29) is 5.41 Å². The highest BCUT2D eigenvalue weighted by Crippen LogP contribution is 2.51. The lowest BCUT2D eigenvalue weighted by atomic mass is 9.67. The Morgan fingerprint density at radius 3 is 2.08 bits per heavy atom. The van der Waals surface area contributed by atoms with Crippen LogP contribution in [0.3, 0.4) is 0 Å². The van der Waals surface area contributed by atoms with Crippen molar-refractivity contribution in [1.82, 2.24) is 0 Å². The minimum atomic E-state index is -0.517. The summed E-state index contributed by atoms with van der Waals surface area (Å²) in [6.45, 7) is 6.90. The molecular weight excluding hydrogens is 162 g/mol. The van der Waals surface area contributed by atoms with Crippen molar-refractivity contribution >= 4 is 0 Å². The molecule has 2 unspecified atom stereocenters. The molecule has 78 valence electrons. The largest absolute Gasteiger partial charge is 0.389 e. The van der Waals surface area contributed by atoms with Gasteiger partial charge in [0.2, 0.25) is 0 Å². The fourth-order valence-corrected chi connectivity index (χ4v) is 2.40. The van der Waals surface area contributed by atoms with Crippen molar-refractivity contribution in [3.8, 4) is 0 Å². The zero-order chi connectivity index (χ0) is 10.1. The molecule has 2 nitrogen and oxygen atoms in total. The van der Waals surface area contributed by atoms with Crippen LogP contribution in [-0.2, 0) is 0 Å². The quantitative estimate of drug-likeness (QED) is 0.687. The zero-order valence-electron chi connectivity index (χ0n) is 9.14. The average Bonchev–Trinajstić information content (AvgIpc) is 2.98. The summed E-state index contributed by atoms with van der Waals surface area (Å²) in [5.41, 5.74) is 5.17. The van der Waals surface area contributed by atoms with Gasteiger partial charge in [-0.2, -0.15) is 0 Å². The standard InChI is InChI=1S/C11H23NO/c1-4-10(3,8-12)11(13,5-2)9-6-7-9/h9,13H,4-8,12H2,1-3H3. The summed E-state index contributed by atoms with van der Waals surface area (Å²) < 4.78 is 0. The van der Waals surface area contributed by atoms with E-state index < -0.39 is 5.60 Å². The highest BCUT2D eigenvalue weighted by molar-refractivity contribution is 5.04. The molecule has 1 fully saturated rings. The van der Waals surface area contributed by atoms with E-state index in [1.807, 2.05) is 0 Å². The van der Waals surface area contributed by atoms with E-state index in [4.69, 9.17) is 5.73 Å². The van der Waals surface area contributed by atoms with Crippen molar-refractivity contribution in [2.45, 2.75) is 52.1 Å². The van der Waals surface area contributed by atoms with Gasteiger partial charge in [0.25, 0.3) is 0 Å². The Morgan fingerprint density at radius 2 is 1.85 bits per heavy atom. The molecule has 0 saturated heterocycles. The lowest BCUT2D eigenvalue weighted by Gasteiger charge is -2.44. The average molecular weight is 185 g/mol. The minimum absolute atomic E-state index is 0.0943.